The van der Waals surface area contributed by atoms with Crippen LogP contribution in [0, 0.1) is 58.5 Å². The van der Waals surface area contributed by atoms with E-state index in [4.69, 9.17) is 0 Å². The molecule has 6 rings (SSSR count). The highest BCUT2D eigenvalue weighted by Gasteiger charge is 2.43. The Labute approximate surface area is 298 Å². The van der Waals surface area contributed by atoms with E-state index in [0.717, 1.165) is 62.8 Å². The molecule has 0 unspecified atom stereocenters. The molecular weight excluding hydrogens is 696 g/mol. The van der Waals surface area contributed by atoms with E-state index in [0.29, 0.717) is 27.4 Å². The van der Waals surface area contributed by atoms with Gasteiger partial charge in [0.2, 0.25) is 0 Å². The van der Waals surface area contributed by atoms with Crippen molar-refractivity contribution in [2.45, 2.75) is 46.2 Å². The summed E-state index contributed by atoms with van der Waals surface area (Å²) < 4.78 is 81.3. The summed E-state index contributed by atoms with van der Waals surface area (Å²) in [5.74, 6) is 0.460. The fraction of sp³-hybridized carbons (Fsp3) is 0.167. The first-order valence-electron chi connectivity index (χ1n) is 16.0. The number of alkyl halides is 6. The summed E-state index contributed by atoms with van der Waals surface area (Å²) in [6, 6.07) is 29.1. The van der Waals surface area contributed by atoms with E-state index in [2.05, 4.69) is 55.7 Å². The third-order valence-corrected chi connectivity index (χ3v) is 13.3. The molecule has 0 heterocycles. The van der Waals surface area contributed by atoms with Crippen molar-refractivity contribution in [3.8, 4) is 0 Å². The molecule has 0 aliphatic heterocycles. The summed E-state index contributed by atoms with van der Waals surface area (Å²) in [7, 11) is -2.97. The summed E-state index contributed by atoms with van der Waals surface area (Å²) in [6.07, 6.45) is -1.02. The number of benzene rings is 5. The average molecular weight is 729 g/mol. The molecule has 5 aromatic carbocycles. The van der Waals surface area contributed by atoms with E-state index < -0.39 is 45.4 Å². The Morgan fingerprint density at radius 3 is 1.39 bits per heavy atom. The molecule has 8 radical (unpaired) electrons. The van der Waals surface area contributed by atoms with Crippen LogP contribution < -0.4 is 26.5 Å². The van der Waals surface area contributed by atoms with Crippen molar-refractivity contribution in [1.29, 1.82) is 0 Å². The largest absolute Gasteiger partial charge is 0.416 e. The third-order valence-electron chi connectivity index (χ3n) is 8.44. The van der Waals surface area contributed by atoms with E-state index in [9.17, 15) is 31.4 Å². The number of rotatable bonds is 8. The zero-order valence-electron chi connectivity index (χ0n) is 28.1. The van der Waals surface area contributed by atoms with Crippen LogP contribution in [0.15, 0.2) is 109 Å². The molecule has 1 saturated carbocycles. The van der Waals surface area contributed by atoms with Crippen molar-refractivity contribution < 1.29 is 31.4 Å². The molecule has 5 aromatic rings. The third kappa shape index (κ3) is 8.27. The van der Waals surface area contributed by atoms with Crippen LogP contribution in [0.2, 0.25) is 0 Å². The Kier molecular flexibility index (Phi) is 10.9. The minimum absolute atomic E-state index is 0.460. The van der Waals surface area contributed by atoms with Gasteiger partial charge in [0.1, 0.15) is 0 Å². The molecule has 0 spiro atoms. The number of halogens is 6. The number of aliphatic hydroxyl groups is 1. The average Bonchev–Trinajstić information content (AvgIpc) is 3.53. The second kappa shape index (κ2) is 14.9. The lowest BCUT2D eigenvalue weighted by Crippen LogP contribution is -2.28. The first-order chi connectivity index (χ1) is 24.1. The van der Waals surface area contributed by atoms with E-state index >= 15 is 0 Å². The first-order valence-corrected chi connectivity index (χ1v) is 18.7. The van der Waals surface area contributed by atoms with Gasteiger partial charge in [0.25, 0.3) is 0 Å². The maximum Gasteiger partial charge on any atom is 0.416 e. The van der Waals surface area contributed by atoms with Crippen LogP contribution in [0.4, 0.5) is 26.3 Å². The SMILES string of the molecule is Cc1cc(C)cc(P([C]2[C][C][C][C]2[C@@H](O)c2ccccc2P(c2ccc(C(F)(F)F)cc2)c2ccc(C(F)(F)F)cc2)c2cc(C)cc(C)c2)c1. The highest BCUT2D eigenvalue weighted by molar-refractivity contribution is 7.80. The summed E-state index contributed by atoms with van der Waals surface area (Å²) in [4.78, 5) is 0. The topological polar surface area (TPSA) is 20.2 Å². The predicted octanol–water partition coefficient (Wildman–Crippen LogP) is 9.25. The standard InChI is InChI=1S/C42H32F6OP2/c1-26-20-27(2)23-34(22-26)51(35-24-28(3)21-29(4)25-35)39-11-7-9-37(39)40(49)36-8-5-6-10-38(36)50(32-16-12-30(13-17-32)41(43,44)45)33-18-14-31(15-19-33)42(46,47)48/h5-6,8,10,12-25,40,49H,1-4H3/t40-/m0/s1. The fourth-order valence-electron chi connectivity index (χ4n) is 6.33. The zero-order chi connectivity index (χ0) is 36.7. The van der Waals surface area contributed by atoms with Gasteiger partial charge < -0.3 is 5.11 Å². The molecule has 51 heavy (non-hydrogen) atoms. The second-order valence-electron chi connectivity index (χ2n) is 12.6. The number of hydrogen-bond acceptors (Lipinski definition) is 1. The molecule has 0 saturated heterocycles. The lowest BCUT2D eigenvalue weighted by molar-refractivity contribution is -0.138. The van der Waals surface area contributed by atoms with Crippen molar-refractivity contribution in [3.63, 3.8) is 0 Å². The van der Waals surface area contributed by atoms with Crippen LogP contribution >= 0.6 is 15.8 Å². The monoisotopic (exact) mass is 728 g/mol. The van der Waals surface area contributed by atoms with Gasteiger partial charge >= 0.3 is 12.4 Å². The molecule has 0 aromatic heterocycles. The highest BCUT2D eigenvalue weighted by atomic mass is 31.1. The molecule has 1 fully saturated rings. The van der Waals surface area contributed by atoms with Gasteiger partial charge in [0, 0.05) is 30.8 Å². The summed E-state index contributed by atoms with van der Waals surface area (Å²) in [5, 5.41) is 16.0. The van der Waals surface area contributed by atoms with Gasteiger partial charge in [-0.1, -0.05) is 107 Å². The molecule has 0 amide bonds. The molecule has 1 aliphatic carbocycles. The Bertz CT molecular complexity index is 1840. The maximum absolute atomic E-state index is 13.5. The smallest absolute Gasteiger partial charge is 0.388 e. The Hall–Kier alpha value is -3.50. The van der Waals surface area contributed by atoms with Gasteiger partial charge in [-0.2, -0.15) is 26.3 Å². The molecule has 1 N–H and O–H groups in total. The minimum atomic E-state index is -4.56. The fourth-order valence-corrected chi connectivity index (χ4v) is 11.5. The molecule has 1 aliphatic rings. The van der Waals surface area contributed by atoms with Crippen molar-refractivity contribution >= 4 is 42.4 Å². The second-order valence-corrected chi connectivity index (χ2v) is 16.9. The van der Waals surface area contributed by atoms with Crippen LogP contribution in [0.5, 0.6) is 0 Å². The number of aryl methyl sites for hydroxylation is 4. The Balaban J connectivity index is 1.46. The predicted molar refractivity (Wildman–Crippen MR) is 194 cm³/mol. The van der Waals surface area contributed by atoms with Crippen LogP contribution in [0.1, 0.15) is 45.0 Å². The first kappa shape index (κ1) is 37.3. The minimum Gasteiger partial charge on any atom is -0.388 e. The summed E-state index contributed by atoms with van der Waals surface area (Å²) in [5.41, 5.74) is 3.88. The molecule has 0 bridgehead atoms. The lowest BCUT2D eigenvalue weighted by atomic mass is 9.94. The normalized spacial score (nSPS) is 15.2. The van der Waals surface area contributed by atoms with E-state index in [1.165, 1.54) is 24.3 Å². The van der Waals surface area contributed by atoms with E-state index in [1.54, 1.807) is 24.3 Å². The van der Waals surface area contributed by atoms with Crippen molar-refractivity contribution in [1.82, 2.24) is 0 Å². The van der Waals surface area contributed by atoms with Crippen molar-refractivity contribution in [3.05, 3.63) is 179 Å². The molecule has 9 heteroatoms. The van der Waals surface area contributed by atoms with Crippen molar-refractivity contribution in [2.24, 2.45) is 0 Å². The number of hydrogen-bond donors (Lipinski definition) is 1. The summed E-state index contributed by atoms with van der Waals surface area (Å²) in [6.45, 7) is 8.15. The van der Waals surface area contributed by atoms with E-state index in [-0.39, 0.29) is 0 Å². The molecule has 1 atom stereocenters. The van der Waals surface area contributed by atoms with E-state index in [1.807, 2.05) is 27.7 Å². The lowest BCUT2D eigenvalue weighted by Gasteiger charge is -2.33. The quantitative estimate of drug-likeness (QED) is 0.125. The van der Waals surface area contributed by atoms with Crippen LogP contribution in [-0.2, 0) is 12.4 Å². The zero-order valence-corrected chi connectivity index (χ0v) is 29.9. The van der Waals surface area contributed by atoms with Crippen molar-refractivity contribution in [2.75, 3.05) is 0 Å². The van der Waals surface area contributed by atoms with Gasteiger partial charge in [-0.3, -0.25) is 0 Å². The maximum atomic E-state index is 13.5. The highest BCUT2D eigenvalue weighted by Crippen LogP contribution is 2.59. The molecule has 1 nitrogen and oxygen atoms in total. The van der Waals surface area contributed by atoms with Crippen LogP contribution in [-0.4, -0.2) is 5.11 Å². The van der Waals surface area contributed by atoms with Gasteiger partial charge in [0.05, 0.1) is 17.2 Å². The van der Waals surface area contributed by atoms with Gasteiger partial charge in [-0.15, -0.1) is 0 Å². The Morgan fingerprint density at radius 2 is 0.961 bits per heavy atom. The number of aliphatic hydroxyl groups excluding tert-OH is 1. The van der Waals surface area contributed by atoms with Gasteiger partial charge in [-0.05, 0) is 99.9 Å². The van der Waals surface area contributed by atoms with Gasteiger partial charge in [-0.25, -0.2) is 0 Å². The van der Waals surface area contributed by atoms with Gasteiger partial charge in [0.15, 0.2) is 0 Å². The summed E-state index contributed by atoms with van der Waals surface area (Å²) >= 11 is 0. The Morgan fingerprint density at radius 1 is 0.529 bits per heavy atom. The van der Waals surface area contributed by atoms with Crippen LogP contribution in [0.25, 0.3) is 0 Å². The van der Waals surface area contributed by atoms with Crippen LogP contribution in [0.3, 0.4) is 0 Å². The molecule has 258 valence electrons. The molecular formula is C42H32F6OP2.